The molecule has 0 radical (unpaired) electrons. The summed E-state index contributed by atoms with van der Waals surface area (Å²) in [4.78, 5) is 24.4. The summed E-state index contributed by atoms with van der Waals surface area (Å²) < 4.78 is 5.80. The second-order valence-corrected chi connectivity index (χ2v) is 8.37. The maximum absolute atomic E-state index is 13.0. The van der Waals surface area contributed by atoms with Gasteiger partial charge < -0.3 is 20.3 Å². The highest BCUT2D eigenvalue weighted by Crippen LogP contribution is 2.31. The van der Waals surface area contributed by atoms with Gasteiger partial charge in [0.15, 0.2) is 0 Å². The molecular formula is C27H27NO5. The average Bonchev–Trinajstić information content (AvgIpc) is 3.13. The molecule has 0 bridgehead atoms. The van der Waals surface area contributed by atoms with Gasteiger partial charge in [0.2, 0.25) is 5.91 Å². The van der Waals surface area contributed by atoms with Crippen LogP contribution in [0.1, 0.15) is 34.7 Å². The Morgan fingerprint density at radius 3 is 2.36 bits per heavy atom. The molecule has 170 valence electrons. The van der Waals surface area contributed by atoms with Crippen LogP contribution in [0, 0.1) is 5.92 Å². The minimum atomic E-state index is -1.04. The van der Waals surface area contributed by atoms with Crippen molar-refractivity contribution in [3.8, 4) is 5.75 Å². The van der Waals surface area contributed by atoms with Crippen LogP contribution < -0.4 is 10.1 Å². The molecule has 1 aliphatic carbocycles. The molecule has 1 aliphatic rings. The number of carbonyl (C=O) groups is 2. The molecule has 0 fully saturated rings. The van der Waals surface area contributed by atoms with Gasteiger partial charge in [0, 0.05) is 6.42 Å². The molecule has 4 rings (SSSR count). The third-order valence-electron chi connectivity index (χ3n) is 5.95. The summed E-state index contributed by atoms with van der Waals surface area (Å²) in [5, 5.41) is 22.7. The Balaban J connectivity index is 1.40. The molecule has 3 aromatic carbocycles. The summed E-state index contributed by atoms with van der Waals surface area (Å²) in [6, 6.07) is 24.2. The summed E-state index contributed by atoms with van der Waals surface area (Å²) in [7, 11) is 0. The first-order chi connectivity index (χ1) is 16.0. The number of carbonyl (C=O) groups excluding carboxylic acids is 1. The number of aliphatic hydroxyl groups excluding tert-OH is 1. The van der Waals surface area contributed by atoms with E-state index in [4.69, 9.17) is 4.74 Å². The van der Waals surface area contributed by atoms with E-state index in [0.717, 1.165) is 22.3 Å². The molecular weight excluding hydrogens is 418 g/mol. The Hall–Kier alpha value is -3.64. The van der Waals surface area contributed by atoms with Gasteiger partial charge in [-0.15, -0.1) is 0 Å². The fourth-order valence-electron chi connectivity index (χ4n) is 4.23. The number of hydrogen-bond donors (Lipinski definition) is 3. The number of fused-ring (bicyclic) bond motifs is 1. The topological polar surface area (TPSA) is 95.9 Å². The highest BCUT2D eigenvalue weighted by Gasteiger charge is 2.34. The summed E-state index contributed by atoms with van der Waals surface area (Å²) in [5.74, 6) is -1.46. The second kappa shape index (κ2) is 10.3. The van der Waals surface area contributed by atoms with Crippen molar-refractivity contribution in [2.45, 2.75) is 38.0 Å². The molecule has 6 nitrogen and oxygen atoms in total. The lowest BCUT2D eigenvalue weighted by atomic mass is 9.94. The zero-order valence-corrected chi connectivity index (χ0v) is 18.2. The number of ether oxygens (including phenoxy) is 1. The molecule has 1 amide bonds. The molecule has 0 spiro atoms. The Labute approximate surface area is 192 Å². The van der Waals surface area contributed by atoms with E-state index in [1.165, 1.54) is 0 Å². The van der Waals surface area contributed by atoms with E-state index in [9.17, 15) is 19.8 Å². The number of amides is 1. The quantitative estimate of drug-likeness (QED) is 0.467. The molecule has 0 aromatic heterocycles. The summed E-state index contributed by atoms with van der Waals surface area (Å²) in [5.41, 5.74) is 3.79. The van der Waals surface area contributed by atoms with Crippen LogP contribution >= 0.6 is 0 Å². The number of aliphatic carboxylic acids is 1. The van der Waals surface area contributed by atoms with Crippen LogP contribution in [0.5, 0.6) is 5.75 Å². The zero-order valence-electron chi connectivity index (χ0n) is 18.2. The van der Waals surface area contributed by atoms with E-state index in [1.54, 1.807) is 0 Å². The lowest BCUT2D eigenvalue weighted by Gasteiger charge is -2.22. The van der Waals surface area contributed by atoms with Crippen LogP contribution in [0.2, 0.25) is 0 Å². The third kappa shape index (κ3) is 5.79. The summed E-state index contributed by atoms with van der Waals surface area (Å²) in [6.07, 6.45) is -0.267. The van der Waals surface area contributed by atoms with E-state index < -0.39 is 24.0 Å². The largest absolute Gasteiger partial charge is 0.489 e. The molecule has 3 atom stereocenters. The zero-order chi connectivity index (χ0) is 23.2. The normalized spacial score (nSPS) is 17.7. The number of rotatable bonds is 9. The number of carboxylic acids is 1. The van der Waals surface area contributed by atoms with Crippen LogP contribution in [0.25, 0.3) is 0 Å². The summed E-state index contributed by atoms with van der Waals surface area (Å²) in [6.45, 7) is 0.454. The van der Waals surface area contributed by atoms with Crippen molar-refractivity contribution < 1.29 is 24.5 Å². The molecule has 6 heteroatoms. The van der Waals surface area contributed by atoms with E-state index in [0.29, 0.717) is 18.8 Å². The minimum absolute atomic E-state index is 0.279. The molecule has 33 heavy (non-hydrogen) atoms. The van der Waals surface area contributed by atoms with Crippen molar-refractivity contribution in [1.82, 2.24) is 5.32 Å². The molecule has 2 unspecified atom stereocenters. The van der Waals surface area contributed by atoms with Crippen molar-refractivity contribution in [2.24, 2.45) is 5.92 Å². The van der Waals surface area contributed by atoms with Crippen molar-refractivity contribution in [3.05, 3.63) is 101 Å². The monoisotopic (exact) mass is 445 g/mol. The predicted molar refractivity (Wildman–Crippen MR) is 124 cm³/mol. The number of carboxylic acid groups (broad SMARTS) is 1. The Kier molecular flexibility index (Phi) is 7.05. The highest BCUT2D eigenvalue weighted by atomic mass is 16.5. The number of nitrogens with one attached hydrogen (secondary N) is 1. The van der Waals surface area contributed by atoms with Crippen molar-refractivity contribution in [1.29, 1.82) is 0 Å². The lowest BCUT2D eigenvalue weighted by molar-refractivity contribution is -0.141. The molecule has 0 saturated heterocycles. The van der Waals surface area contributed by atoms with Crippen molar-refractivity contribution >= 4 is 11.9 Å². The fourth-order valence-corrected chi connectivity index (χ4v) is 4.23. The van der Waals surface area contributed by atoms with Gasteiger partial charge in [0.05, 0.1) is 24.5 Å². The number of benzene rings is 3. The molecule has 0 aliphatic heterocycles. The average molecular weight is 446 g/mol. The fraction of sp³-hybridized carbons (Fsp3) is 0.259. The SMILES string of the molecule is O=C(O)CC(Cc1ccc(OCc2ccccc2)cc1)C(=O)N[C@H]1c2ccccc2CC1O. The first kappa shape index (κ1) is 22.6. The first-order valence-electron chi connectivity index (χ1n) is 11.0. The molecule has 3 N–H and O–H groups in total. The van der Waals surface area contributed by atoms with Gasteiger partial charge in [-0.2, -0.15) is 0 Å². The first-order valence-corrected chi connectivity index (χ1v) is 11.0. The van der Waals surface area contributed by atoms with Crippen LogP contribution in [-0.4, -0.2) is 28.2 Å². The van der Waals surface area contributed by atoms with Gasteiger partial charge in [-0.3, -0.25) is 9.59 Å². The van der Waals surface area contributed by atoms with E-state index in [2.05, 4.69) is 5.32 Å². The van der Waals surface area contributed by atoms with Gasteiger partial charge in [-0.25, -0.2) is 0 Å². The van der Waals surface area contributed by atoms with Gasteiger partial charge in [-0.1, -0.05) is 66.7 Å². The number of aliphatic hydroxyl groups is 1. The second-order valence-electron chi connectivity index (χ2n) is 8.37. The van der Waals surface area contributed by atoms with Crippen molar-refractivity contribution in [3.63, 3.8) is 0 Å². The van der Waals surface area contributed by atoms with Crippen LogP contribution in [0.3, 0.4) is 0 Å². The van der Waals surface area contributed by atoms with Crippen LogP contribution in [0.4, 0.5) is 0 Å². The lowest BCUT2D eigenvalue weighted by Crippen LogP contribution is -2.39. The van der Waals surface area contributed by atoms with Crippen molar-refractivity contribution in [2.75, 3.05) is 0 Å². The van der Waals surface area contributed by atoms with E-state index >= 15 is 0 Å². The smallest absolute Gasteiger partial charge is 0.304 e. The third-order valence-corrected chi connectivity index (χ3v) is 5.95. The van der Waals surface area contributed by atoms with E-state index in [1.807, 2.05) is 78.9 Å². The predicted octanol–water partition coefficient (Wildman–Crippen LogP) is 3.67. The Bertz CT molecular complexity index is 1100. The highest BCUT2D eigenvalue weighted by molar-refractivity contribution is 5.84. The molecule has 0 heterocycles. The maximum Gasteiger partial charge on any atom is 0.304 e. The standard InChI is InChI=1S/C27H27NO5/c29-24-15-20-8-4-5-9-23(20)26(24)28-27(32)21(16-25(30)31)14-18-10-12-22(13-11-18)33-17-19-6-2-1-3-7-19/h1-13,21,24,26,29H,14-17H2,(H,28,32)(H,30,31)/t21?,24?,26-/m0/s1. The van der Waals surface area contributed by atoms with Crippen LogP contribution in [0.15, 0.2) is 78.9 Å². The Morgan fingerprint density at radius 2 is 1.64 bits per heavy atom. The summed E-state index contributed by atoms with van der Waals surface area (Å²) >= 11 is 0. The maximum atomic E-state index is 13.0. The van der Waals surface area contributed by atoms with Crippen LogP contribution in [-0.2, 0) is 29.0 Å². The van der Waals surface area contributed by atoms with Gasteiger partial charge in [0.25, 0.3) is 0 Å². The minimum Gasteiger partial charge on any atom is -0.489 e. The van der Waals surface area contributed by atoms with Gasteiger partial charge >= 0.3 is 5.97 Å². The van der Waals surface area contributed by atoms with E-state index in [-0.39, 0.29) is 18.7 Å². The Morgan fingerprint density at radius 1 is 0.939 bits per heavy atom. The van der Waals surface area contributed by atoms with Gasteiger partial charge in [-0.05, 0) is 40.8 Å². The van der Waals surface area contributed by atoms with Gasteiger partial charge in [0.1, 0.15) is 12.4 Å². The number of hydrogen-bond acceptors (Lipinski definition) is 4. The molecule has 3 aromatic rings. The molecule has 0 saturated carbocycles.